The van der Waals surface area contributed by atoms with Gasteiger partial charge in [-0.25, -0.2) is 4.79 Å². The maximum absolute atomic E-state index is 12.7. The molecule has 0 spiro atoms. The summed E-state index contributed by atoms with van der Waals surface area (Å²) in [7, 11) is 0. The molecule has 0 radical (unpaired) electrons. The second-order valence-corrected chi connectivity index (χ2v) is 8.07. The molecule has 4 atom stereocenters. The Hall–Kier alpha value is -3.22. The van der Waals surface area contributed by atoms with Crippen molar-refractivity contribution in [2.45, 2.75) is 71.1 Å². The van der Waals surface area contributed by atoms with Crippen molar-refractivity contribution in [3.8, 4) is 0 Å². The normalized spacial score (nSPS) is 14.7. The molecule has 13 heteroatoms. The summed E-state index contributed by atoms with van der Waals surface area (Å²) in [4.78, 5) is 70.8. The molecule has 0 aromatic carbocycles. The molecule has 0 saturated carbocycles. The van der Waals surface area contributed by atoms with Gasteiger partial charge in [0.05, 0.1) is 12.5 Å². The maximum atomic E-state index is 12.7. The standard InChI is InChI=1S/C19H33N5O8/c1-8(2)14(23-16(28)10(20)5-6-12(21)25)18(30)22-11(7-13(26)27)17(29)24-15(9(3)4)19(31)32/h8-11,14-15H,5-7,20H2,1-4H3,(H2,21,25)(H,22,30)(H,23,28)(H,24,29)(H,26,27)(H,31,32). The molecule has 4 amide bonds. The minimum atomic E-state index is -1.58. The van der Waals surface area contributed by atoms with Gasteiger partial charge in [0.2, 0.25) is 23.6 Å². The molecule has 182 valence electrons. The fourth-order valence-corrected chi connectivity index (χ4v) is 2.64. The lowest BCUT2D eigenvalue weighted by molar-refractivity contribution is -0.144. The van der Waals surface area contributed by atoms with Crippen LogP contribution in [-0.2, 0) is 28.8 Å². The first kappa shape index (κ1) is 28.8. The fraction of sp³-hybridized carbons (Fsp3) is 0.684. The summed E-state index contributed by atoms with van der Waals surface area (Å²) >= 11 is 0. The van der Waals surface area contributed by atoms with E-state index in [0.717, 1.165) is 0 Å². The van der Waals surface area contributed by atoms with Gasteiger partial charge in [-0.2, -0.15) is 0 Å². The van der Waals surface area contributed by atoms with Crippen LogP contribution < -0.4 is 27.4 Å². The molecule has 13 nitrogen and oxygen atoms in total. The van der Waals surface area contributed by atoms with Crippen LogP contribution in [0.3, 0.4) is 0 Å². The first-order valence-corrected chi connectivity index (χ1v) is 10.1. The number of nitrogens with two attached hydrogens (primary N) is 2. The predicted molar refractivity (Wildman–Crippen MR) is 112 cm³/mol. The Kier molecular flexibility index (Phi) is 11.9. The lowest BCUT2D eigenvalue weighted by atomic mass is 10.0. The number of nitrogens with one attached hydrogen (secondary N) is 3. The van der Waals surface area contributed by atoms with Gasteiger partial charge in [0.15, 0.2) is 0 Å². The van der Waals surface area contributed by atoms with E-state index in [1.165, 1.54) is 0 Å². The first-order chi connectivity index (χ1) is 14.7. The Morgan fingerprint density at radius 2 is 1.28 bits per heavy atom. The smallest absolute Gasteiger partial charge is 0.326 e. The van der Waals surface area contributed by atoms with Gasteiger partial charge in [-0.1, -0.05) is 27.7 Å². The molecule has 0 aromatic rings. The van der Waals surface area contributed by atoms with E-state index in [9.17, 15) is 33.9 Å². The third kappa shape index (κ3) is 10.2. The molecule has 0 aliphatic carbocycles. The summed E-state index contributed by atoms with van der Waals surface area (Å²) in [6, 6.07) is -5.16. The Labute approximate surface area is 185 Å². The van der Waals surface area contributed by atoms with Gasteiger partial charge in [0, 0.05) is 6.42 Å². The molecule has 0 bridgehead atoms. The second kappa shape index (κ2) is 13.2. The fourth-order valence-electron chi connectivity index (χ4n) is 2.64. The minimum absolute atomic E-state index is 0.0383. The summed E-state index contributed by atoms with van der Waals surface area (Å²) < 4.78 is 0. The molecular formula is C19H33N5O8. The van der Waals surface area contributed by atoms with E-state index in [4.69, 9.17) is 16.6 Å². The third-order valence-electron chi connectivity index (χ3n) is 4.53. The summed E-state index contributed by atoms with van der Waals surface area (Å²) in [6.45, 7) is 6.31. The number of amides is 4. The van der Waals surface area contributed by atoms with Crippen LogP contribution in [0.4, 0.5) is 0 Å². The number of carbonyl (C=O) groups is 6. The molecule has 9 N–H and O–H groups in total. The van der Waals surface area contributed by atoms with Gasteiger partial charge in [0.1, 0.15) is 18.1 Å². The van der Waals surface area contributed by atoms with Gasteiger partial charge < -0.3 is 37.6 Å². The van der Waals surface area contributed by atoms with Crippen molar-refractivity contribution in [2.24, 2.45) is 23.3 Å². The van der Waals surface area contributed by atoms with Gasteiger partial charge in [-0.05, 0) is 18.3 Å². The number of carbonyl (C=O) groups excluding carboxylic acids is 4. The number of primary amides is 1. The lowest BCUT2D eigenvalue weighted by Crippen LogP contribution is -2.59. The number of rotatable bonds is 14. The highest BCUT2D eigenvalue weighted by Gasteiger charge is 2.33. The van der Waals surface area contributed by atoms with E-state index in [2.05, 4.69) is 16.0 Å². The topological polar surface area (TPSA) is 231 Å². The predicted octanol–water partition coefficient (Wildman–Crippen LogP) is -2.10. The monoisotopic (exact) mass is 459 g/mol. The Balaban J connectivity index is 5.41. The van der Waals surface area contributed by atoms with E-state index < -0.39 is 78.0 Å². The SMILES string of the molecule is CC(C)C(NC(=O)C(CC(=O)O)NC(=O)C(NC(=O)C(N)CCC(N)=O)C(C)C)C(=O)O. The van der Waals surface area contributed by atoms with Crippen LogP contribution in [0.15, 0.2) is 0 Å². The summed E-state index contributed by atoms with van der Waals surface area (Å²) in [5.41, 5.74) is 10.7. The van der Waals surface area contributed by atoms with Crippen LogP contribution in [0.1, 0.15) is 47.0 Å². The first-order valence-electron chi connectivity index (χ1n) is 10.1. The Morgan fingerprint density at radius 1 is 0.781 bits per heavy atom. The molecule has 0 saturated heterocycles. The summed E-state index contributed by atoms with van der Waals surface area (Å²) in [5, 5.41) is 25.2. The Morgan fingerprint density at radius 3 is 1.69 bits per heavy atom. The number of carboxylic acids is 2. The number of hydrogen-bond donors (Lipinski definition) is 7. The van der Waals surface area contributed by atoms with Gasteiger partial charge in [-0.15, -0.1) is 0 Å². The average Bonchev–Trinajstić information content (AvgIpc) is 2.65. The molecule has 0 aromatic heterocycles. The number of carboxylic acid groups (broad SMARTS) is 2. The molecule has 32 heavy (non-hydrogen) atoms. The summed E-state index contributed by atoms with van der Waals surface area (Å²) in [6.07, 6.45) is -0.975. The van der Waals surface area contributed by atoms with Crippen molar-refractivity contribution in [3.63, 3.8) is 0 Å². The molecule has 0 heterocycles. The Bertz CT molecular complexity index is 725. The zero-order chi connectivity index (χ0) is 25.2. The third-order valence-corrected chi connectivity index (χ3v) is 4.53. The second-order valence-electron chi connectivity index (χ2n) is 8.07. The molecule has 0 rings (SSSR count). The van der Waals surface area contributed by atoms with Crippen LogP contribution in [-0.4, -0.2) is 69.9 Å². The van der Waals surface area contributed by atoms with Crippen molar-refractivity contribution < 1.29 is 39.0 Å². The zero-order valence-electron chi connectivity index (χ0n) is 18.6. The highest BCUT2D eigenvalue weighted by Crippen LogP contribution is 2.07. The van der Waals surface area contributed by atoms with Crippen molar-refractivity contribution in [3.05, 3.63) is 0 Å². The van der Waals surface area contributed by atoms with Crippen molar-refractivity contribution in [2.75, 3.05) is 0 Å². The maximum Gasteiger partial charge on any atom is 0.326 e. The van der Waals surface area contributed by atoms with Gasteiger partial charge in [0.25, 0.3) is 0 Å². The number of aliphatic carboxylic acids is 2. The van der Waals surface area contributed by atoms with Crippen molar-refractivity contribution in [1.29, 1.82) is 0 Å². The van der Waals surface area contributed by atoms with Gasteiger partial charge >= 0.3 is 11.9 Å². The summed E-state index contributed by atoms with van der Waals surface area (Å²) in [5.74, 6) is -6.91. The van der Waals surface area contributed by atoms with Crippen LogP contribution in [0.25, 0.3) is 0 Å². The minimum Gasteiger partial charge on any atom is -0.481 e. The highest BCUT2D eigenvalue weighted by molar-refractivity contribution is 5.95. The van der Waals surface area contributed by atoms with E-state index >= 15 is 0 Å². The lowest BCUT2D eigenvalue weighted by Gasteiger charge is -2.27. The molecule has 0 aliphatic rings. The van der Waals surface area contributed by atoms with Crippen LogP contribution in [0, 0.1) is 11.8 Å². The molecule has 0 aliphatic heterocycles. The van der Waals surface area contributed by atoms with Crippen LogP contribution in [0.2, 0.25) is 0 Å². The highest BCUT2D eigenvalue weighted by atomic mass is 16.4. The quantitative estimate of drug-likeness (QED) is 0.151. The molecular weight excluding hydrogens is 426 g/mol. The van der Waals surface area contributed by atoms with E-state index in [-0.39, 0.29) is 12.8 Å². The van der Waals surface area contributed by atoms with Crippen molar-refractivity contribution in [1.82, 2.24) is 16.0 Å². The van der Waals surface area contributed by atoms with Gasteiger partial charge in [-0.3, -0.25) is 24.0 Å². The van der Waals surface area contributed by atoms with E-state index in [0.29, 0.717) is 0 Å². The number of hydrogen-bond acceptors (Lipinski definition) is 7. The zero-order valence-corrected chi connectivity index (χ0v) is 18.6. The van der Waals surface area contributed by atoms with E-state index in [1.807, 2.05) is 0 Å². The molecule has 4 unspecified atom stereocenters. The van der Waals surface area contributed by atoms with E-state index in [1.54, 1.807) is 27.7 Å². The average molecular weight is 460 g/mol. The van der Waals surface area contributed by atoms with Crippen LogP contribution in [0.5, 0.6) is 0 Å². The van der Waals surface area contributed by atoms with Crippen LogP contribution >= 0.6 is 0 Å². The molecule has 0 fully saturated rings. The van der Waals surface area contributed by atoms with Crippen molar-refractivity contribution >= 4 is 35.6 Å². The largest absolute Gasteiger partial charge is 0.481 e.